The number of hydrogen-bond acceptors (Lipinski definition) is 4. The van der Waals surface area contributed by atoms with Crippen LogP contribution in [-0.4, -0.2) is 24.7 Å². The van der Waals surface area contributed by atoms with E-state index in [0.29, 0.717) is 0 Å². The third-order valence-electron chi connectivity index (χ3n) is 2.10. The minimum absolute atomic E-state index is 0.106. The molecular formula is C10H14O4S2. The van der Waals surface area contributed by atoms with Crippen molar-refractivity contribution >= 4 is 27.1 Å². The lowest BCUT2D eigenvalue weighted by molar-refractivity contribution is -0.138. The van der Waals surface area contributed by atoms with E-state index in [0.717, 1.165) is 11.3 Å². The number of hydrogen-bond donors (Lipinski definition) is 1. The maximum absolute atomic E-state index is 12.1. The van der Waals surface area contributed by atoms with Gasteiger partial charge in [-0.3, -0.25) is 4.79 Å². The van der Waals surface area contributed by atoms with Crippen LogP contribution in [0.25, 0.3) is 0 Å². The molecule has 0 aliphatic rings. The summed E-state index contributed by atoms with van der Waals surface area (Å²) in [4.78, 5) is 11.1. The van der Waals surface area contributed by atoms with E-state index in [1.165, 1.54) is 6.07 Å². The predicted molar refractivity (Wildman–Crippen MR) is 62.4 cm³/mol. The van der Waals surface area contributed by atoms with Crippen LogP contribution in [0.1, 0.15) is 20.8 Å². The van der Waals surface area contributed by atoms with Gasteiger partial charge in [-0.05, 0) is 16.9 Å². The van der Waals surface area contributed by atoms with Crippen molar-refractivity contribution in [1.82, 2.24) is 0 Å². The van der Waals surface area contributed by atoms with E-state index in [-0.39, 0.29) is 4.21 Å². The van der Waals surface area contributed by atoms with Gasteiger partial charge in [0.1, 0.15) is 4.21 Å². The quantitative estimate of drug-likeness (QED) is 0.904. The van der Waals surface area contributed by atoms with Gasteiger partial charge in [0, 0.05) is 0 Å². The van der Waals surface area contributed by atoms with Crippen molar-refractivity contribution in [3.8, 4) is 0 Å². The van der Waals surface area contributed by atoms with E-state index in [2.05, 4.69) is 0 Å². The number of aliphatic carboxylic acids is 1. The van der Waals surface area contributed by atoms with Crippen molar-refractivity contribution in [2.75, 3.05) is 0 Å². The fraction of sp³-hybridized carbons (Fsp3) is 0.500. The third kappa shape index (κ3) is 2.44. The Balaban J connectivity index is 3.30. The van der Waals surface area contributed by atoms with Gasteiger partial charge >= 0.3 is 5.97 Å². The number of rotatable bonds is 3. The first-order chi connectivity index (χ1) is 7.17. The molecule has 1 aromatic rings. The van der Waals surface area contributed by atoms with Crippen LogP contribution >= 0.6 is 11.3 Å². The van der Waals surface area contributed by atoms with Gasteiger partial charge in [0.15, 0.2) is 5.25 Å². The van der Waals surface area contributed by atoms with Gasteiger partial charge < -0.3 is 5.11 Å². The van der Waals surface area contributed by atoms with Gasteiger partial charge in [0.05, 0.1) is 0 Å². The van der Waals surface area contributed by atoms with Gasteiger partial charge in [-0.15, -0.1) is 11.3 Å². The maximum atomic E-state index is 12.1. The van der Waals surface area contributed by atoms with Gasteiger partial charge in [-0.1, -0.05) is 26.8 Å². The minimum Gasteiger partial charge on any atom is -0.480 e. The van der Waals surface area contributed by atoms with Crippen LogP contribution in [0.2, 0.25) is 0 Å². The molecular weight excluding hydrogens is 248 g/mol. The summed E-state index contributed by atoms with van der Waals surface area (Å²) in [6.45, 7) is 4.82. The van der Waals surface area contributed by atoms with Crippen LogP contribution in [0.4, 0.5) is 0 Å². The molecule has 0 fully saturated rings. The van der Waals surface area contributed by atoms with Crippen molar-refractivity contribution in [3.63, 3.8) is 0 Å². The highest BCUT2D eigenvalue weighted by molar-refractivity contribution is 7.94. The Hall–Kier alpha value is -0.880. The average molecular weight is 262 g/mol. The standard InChI is InChI=1S/C10H14O4S2/c1-10(2,3)8(9(11)12)16(13,14)7-5-4-6-15-7/h4-6,8H,1-3H3,(H,11,12). The lowest BCUT2D eigenvalue weighted by Crippen LogP contribution is -2.41. The summed E-state index contributed by atoms with van der Waals surface area (Å²) < 4.78 is 24.3. The highest BCUT2D eigenvalue weighted by atomic mass is 32.2. The van der Waals surface area contributed by atoms with E-state index in [1.807, 2.05) is 0 Å². The second kappa shape index (κ2) is 4.18. The molecule has 1 rings (SSSR count). The Morgan fingerprint density at radius 3 is 2.31 bits per heavy atom. The molecule has 0 saturated heterocycles. The summed E-state index contributed by atoms with van der Waals surface area (Å²) in [5.74, 6) is -1.30. The molecule has 0 saturated carbocycles. The molecule has 1 unspecified atom stereocenters. The molecule has 0 aliphatic heterocycles. The van der Waals surface area contributed by atoms with E-state index >= 15 is 0 Å². The SMILES string of the molecule is CC(C)(C)C(C(=O)O)S(=O)(=O)c1cccs1. The first kappa shape index (κ1) is 13.2. The zero-order valence-corrected chi connectivity index (χ0v) is 10.9. The highest BCUT2D eigenvalue weighted by Gasteiger charge is 2.43. The van der Waals surface area contributed by atoms with Crippen molar-refractivity contribution < 1.29 is 18.3 Å². The second-order valence-electron chi connectivity index (χ2n) is 4.56. The van der Waals surface area contributed by atoms with Crippen molar-refractivity contribution in [2.45, 2.75) is 30.2 Å². The smallest absolute Gasteiger partial charge is 0.322 e. The van der Waals surface area contributed by atoms with Gasteiger partial charge in [-0.25, -0.2) is 8.42 Å². The van der Waals surface area contributed by atoms with Crippen LogP contribution in [0, 0.1) is 5.41 Å². The Morgan fingerprint density at radius 2 is 2.00 bits per heavy atom. The summed E-state index contributed by atoms with van der Waals surface area (Å²) >= 11 is 1.04. The van der Waals surface area contributed by atoms with Crippen molar-refractivity contribution in [2.24, 2.45) is 5.41 Å². The third-order valence-corrected chi connectivity index (χ3v) is 5.97. The Labute approximate surface area is 98.8 Å². The summed E-state index contributed by atoms with van der Waals surface area (Å²) in [5, 5.41) is 9.27. The molecule has 0 spiro atoms. The minimum atomic E-state index is -3.80. The van der Waals surface area contributed by atoms with E-state index in [9.17, 15) is 13.2 Å². The normalized spacial score (nSPS) is 14.7. The molecule has 0 bridgehead atoms. The van der Waals surface area contributed by atoms with Crippen LogP contribution in [0.15, 0.2) is 21.7 Å². The Kier molecular flexibility index (Phi) is 3.44. The average Bonchev–Trinajstić information content (AvgIpc) is 2.49. The molecule has 0 radical (unpaired) electrons. The maximum Gasteiger partial charge on any atom is 0.322 e. The summed E-state index contributed by atoms with van der Waals surface area (Å²) in [6, 6.07) is 3.03. The van der Waals surface area contributed by atoms with Gasteiger partial charge in [0.2, 0.25) is 9.84 Å². The van der Waals surface area contributed by atoms with Crippen LogP contribution in [0.5, 0.6) is 0 Å². The van der Waals surface area contributed by atoms with Crippen LogP contribution in [-0.2, 0) is 14.6 Å². The summed E-state index contributed by atoms with van der Waals surface area (Å²) in [7, 11) is -3.80. The molecule has 6 heteroatoms. The zero-order chi connectivity index (χ0) is 12.6. The molecule has 1 atom stereocenters. The van der Waals surface area contributed by atoms with Crippen LogP contribution < -0.4 is 0 Å². The zero-order valence-electron chi connectivity index (χ0n) is 9.30. The molecule has 4 nitrogen and oxygen atoms in total. The van der Waals surface area contributed by atoms with Gasteiger partial charge in [-0.2, -0.15) is 0 Å². The topological polar surface area (TPSA) is 71.4 Å². The van der Waals surface area contributed by atoms with Crippen molar-refractivity contribution in [1.29, 1.82) is 0 Å². The monoisotopic (exact) mass is 262 g/mol. The number of thiophene rings is 1. The molecule has 0 aromatic carbocycles. The van der Waals surface area contributed by atoms with E-state index in [1.54, 1.807) is 32.2 Å². The molecule has 1 aromatic heterocycles. The number of sulfone groups is 1. The molecule has 1 N–H and O–H groups in total. The first-order valence-electron chi connectivity index (χ1n) is 4.67. The van der Waals surface area contributed by atoms with E-state index < -0.39 is 26.5 Å². The molecule has 90 valence electrons. The Morgan fingerprint density at radius 1 is 1.44 bits per heavy atom. The summed E-state index contributed by atoms with van der Waals surface area (Å²) in [5.41, 5.74) is -0.839. The fourth-order valence-corrected chi connectivity index (χ4v) is 4.65. The van der Waals surface area contributed by atoms with Gasteiger partial charge in [0.25, 0.3) is 0 Å². The molecule has 1 heterocycles. The summed E-state index contributed by atoms with van der Waals surface area (Å²) in [6.07, 6.45) is 0. The van der Waals surface area contributed by atoms with Crippen molar-refractivity contribution in [3.05, 3.63) is 17.5 Å². The molecule has 0 aliphatic carbocycles. The highest BCUT2D eigenvalue weighted by Crippen LogP contribution is 2.32. The molecule has 16 heavy (non-hydrogen) atoms. The lowest BCUT2D eigenvalue weighted by atomic mass is 9.92. The second-order valence-corrected chi connectivity index (χ2v) is 7.77. The number of carboxylic acids is 1. The fourth-order valence-electron chi connectivity index (χ4n) is 1.51. The van der Waals surface area contributed by atoms with Crippen LogP contribution in [0.3, 0.4) is 0 Å². The largest absolute Gasteiger partial charge is 0.480 e. The first-order valence-corrected chi connectivity index (χ1v) is 7.10. The Bertz CT molecular complexity index is 465. The number of carboxylic acid groups (broad SMARTS) is 1. The lowest BCUT2D eigenvalue weighted by Gasteiger charge is -2.26. The predicted octanol–water partition coefficient (Wildman–Crippen LogP) is 2.02. The van der Waals surface area contributed by atoms with E-state index in [4.69, 9.17) is 5.11 Å². The number of carbonyl (C=O) groups is 1. The molecule has 0 amide bonds.